The zero-order chi connectivity index (χ0) is 13.8. The molecule has 0 bridgehead atoms. The van der Waals surface area contributed by atoms with Crippen molar-refractivity contribution in [3.05, 3.63) is 58.1 Å². The highest BCUT2D eigenvalue weighted by Crippen LogP contribution is 2.21. The van der Waals surface area contributed by atoms with Crippen LogP contribution in [0.5, 0.6) is 0 Å². The van der Waals surface area contributed by atoms with Crippen LogP contribution in [0.2, 0.25) is 0 Å². The minimum Gasteiger partial charge on any atom is -0.399 e. The minimum absolute atomic E-state index is 0.279. The van der Waals surface area contributed by atoms with Crippen LogP contribution in [0.3, 0.4) is 0 Å². The predicted molar refractivity (Wildman–Crippen MR) is 77.7 cm³/mol. The second kappa shape index (κ2) is 5.55. The molecule has 3 N–H and O–H groups in total. The van der Waals surface area contributed by atoms with Crippen molar-refractivity contribution in [3.8, 4) is 6.07 Å². The molecule has 2 aromatic rings. The molecule has 1 amide bonds. The topological polar surface area (TPSA) is 78.9 Å². The molecule has 94 valence electrons. The molecule has 0 spiro atoms. The molecule has 4 nitrogen and oxygen atoms in total. The first-order valence-electron chi connectivity index (χ1n) is 5.46. The number of nitrogens with one attached hydrogen (secondary N) is 1. The fourth-order valence-electron chi connectivity index (χ4n) is 1.55. The maximum Gasteiger partial charge on any atom is 0.255 e. The van der Waals surface area contributed by atoms with Crippen molar-refractivity contribution in [2.24, 2.45) is 0 Å². The first-order valence-corrected chi connectivity index (χ1v) is 6.26. The van der Waals surface area contributed by atoms with E-state index in [0.717, 1.165) is 4.47 Å². The summed E-state index contributed by atoms with van der Waals surface area (Å²) in [5.41, 5.74) is 7.52. The second-order valence-corrected chi connectivity index (χ2v) is 4.79. The summed E-state index contributed by atoms with van der Waals surface area (Å²) in [5.74, 6) is -0.279. The molecule has 0 heterocycles. The molecule has 0 radical (unpaired) electrons. The number of hydrogen-bond donors (Lipinski definition) is 2. The van der Waals surface area contributed by atoms with Crippen molar-refractivity contribution in [1.29, 1.82) is 5.26 Å². The van der Waals surface area contributed by atoms with Crippen molar-refractivity contribution in [1.82, 2.24) is 0 Å². The largest absolute Gasteiger partial charge is 0.399 e. The normalized spacial score (nSPS) is 9.68. The predicted octanol–water partition coefficient (Wildman–Crippen LogP) is 3.16. The molecule has 0 fully saturated rings. The summed E-state index contributed by atoms with van der Waals surface area (Å²) < 4.78 is 0.787. The lowest BCUT2D eigenvalue weighted by Crippen LogP contribution is -2.12. The Hall–Kier alpha value is -2.32. The number of nitrogens with zero attached hydrogens (tertiary/aromatic N) is 1. The molecule has 2 aromatic carbocycles. The van der Waals surface area contributed by atoms with Crippen LogP contribution < -0.4 is 11.1 Å². The minimum atomic E-state index is -0.279. The lowest BCUT2D eigenvalue weighted by Gasteiger charge is -2.07. The Bertz CT molecular complexity index is 659. The number of benzene rings is 2. The first-order chi connectivity index (χ1) is 9.10. The fourth-order valence-corrected chi connectivity index (χ4v) is 1.91. The summed E-state index contributed by atoms with van der Waals surface area (Å²) >= 11 is 3.28. The van der Waals surface area contributed by atoms with Crippen molar-refractivity contribution in [2.75, 3.05) is 11.1 Å². The van der Waals surface area contributed by atoms with Crippen LogP contribution in [0.15, 0.2) is 46.9 Å². The highest BCUT2D eigenvalue weighted by molar-refractivity contribution is 9.10. The molecule has 19 heavy (non-hydrogen) atoms. The third kappa shape index (κ3) is 3.12. The van der Waals surface area contributed by atoms with Gasteiger partial charge in [0.05, 0.1) is 11.3 Å². The molecule has 0 saturated heterocycles. The van der Waals surface area contributed by atoms with Gasteiger partial charge in [-0.3, -0.25) is 4.79 Å². The van der Waals surface area contributed by atoms with Crippen molar-refractivity contribution < 1.29 is 4.79 Å². The van der Waals surface area contributed by atoms with E-state index in [4.69, 9.17) is 11.0 Å². The quantitative estimate of drug-likeness (QED) is 0.835. The van der Waals surface area contributed by atoms with E-state index in [0.29, 0.717) is 22.5 Å². The van der Waals surface area contributed by atoms with E-state index in [9.17, 15) is 4.79 Å². The van der Waals surface area contributed by atoms with E-state index in [2.05, 4.69) is 21.2 Å². The summed E-state index contributed by atoms with van der Waals surface area (Å²) in [6.45, 7) is 0. The van der Waals surface area contributed by atoms with Gasteiger partial charge in [-0.05, 0) is 42.5 Å². The van der Waals surface area contributed by atoms with E-state index in [-0.39, 0.29) is 5.91 Å². The Morgan fingerprint density at radius 2 is 1.89 bits per heavy atom. The van der Waals surface area contributed by atoms with E-state index in [1.165, 1.54) is 0 Å². The van der Waals surface area contributed by atoms with Gasteiger partial charge in [-0.25, -0.2) is 0 Å². The number of carbonyl (C=O) groups excluding carboxylic acids is 1. The summed E-state index contributed by atoms with van der Waals surface area (Å²) in [6.07, 6.45) is 0. The van der Waals surface area contributed by atoms with Gasteiger partial charge in [0.2, 0.25) is 0 Å². The van der Waals surface area contributed by atoms with E-state index < -0.39 is 0 Å². The molecule has 0 saturated carbocycles. The highest BCUT2D eigenvalue weighted by Gasteiger charge is 2.09. The Kier molecular flexibility index (Phi) is 3.83. The van der Waals surface area contributed by atoms with Crippen LogP contribution in [-0.2, 0) is 0 Å². The van der Waals surface area contributed by atoms with Crippen LogP contribution in [0.4, 0.5) is 11.4 Å². The van der Waals surface area contributed by atoms with Gasteiger partial charge in [0.25, 0.3) is 5.91 Å². The third-order valence-electron chi connectivity index (χ3n) is 2.52. The van der Waals surface area contributed by atoms with Gasteiger partial charge in [-0.2, -0.15) is 5.26 Å². The molecule has 0 aliphatic heterocycles. The fraction of sp³-hybridized carbons (Fsp3) is 0. The molecule has 0 aliphatic rings. The standard InChI is InChI=1S/C14H10BrN3O/c15-11-3-6-13(10(7-11)8-16)18-14(19)9-1-4-12(17)5-2-9/h1-7H,17H2,(H,18,19). The summed E-state index contributed by atoms with van der Waals surface area (Å²) in [5, 5.41) is 11.7. The number of rotatable bonds is 2. The molecule has 0 aromatic heterocycles. The number of hydrogen-bond acceptors (Lipinski definition) is 3. The maximum absolute atomic E-state index is 12.0. The molecule has 0 unspecified atom stereocenters. The van der Waals surface area contributed by atoms with Crippen molar-refractivity contribution in [2.45, 2.75) is 0 Å². The number of carbonyl (C=O) groups is 1. The number of nitrogen functional groups attached to an aromatic ring is 1. The Labute approximate surface area is 119 Å². The monoisotopic (exact) mass is 315 g/mol. The molecular weight excluding hydrogens is 306 g/mol. The van der Waals surface area contributed by atoms with Gasteiger partial charge in [-0.15, -0.1) is 0 Å². The summed E-state index contributed by atoms with van der Waals surface area (Å²) in [4.78, 5) is 12.0. The number of amides is 1. The maximum atomic E-state index is 12.0. The number of anilines is 2. The lowest BCUT2D eigenvalue weighted by atomic mass is 10.1. The van der Waals surface area contributed by atoms with Gasteiger partial charge < -0.3 is 11.1 Å². The zero-order valence-corrected chi connectivity index (χ0v) is 11.4. The van der Waals surface area contributed by atoms with Gasteiger partial charge in [-0.1, -0.05) is 15.9 Å². The van der Waals surface area contributed by atoms with E-state index in [1.54, 1.807) is 42.5 Å². The molecule has 0 aliphatic carbocycles. The molecular formula is C14H10BrN3O. The average molecular weight is 316 g/mol. The van der Waals surface area contributed by atoms with E-state index in [1.807, 2.05) is 6.07 Å². The number of nitriles is 1. The summed E-state index contributed by atoms with van der Waals surface area (Å²) in [7, 11) is 0. The number of nitrogens with two attached hydrogens (primary N) is 1. The first kappa shape index (κ1) is 13.1. The van der Waals surface area contributed by atoms with Crippen molar-refractivity contribution >= 4 is 33.2 Å². The van der Waals surface area contributed by atoms with Crippen LogP contribution in [0.1, 0.15) is 15.9 Å². The Morgan fingerprint density at radius 3 is 2.53 bits per heavy atom. The smallest absolute Gasteiger partial charge is 0.255 e. The van der Waals surface area contributed by atoms with Crippen LogP contribution in [-0.4, -0.2) is 5.91 Å². The molecule has 5 heteroatoms. The molecule has 0 atom stereocenters. The van der Waals surface area contributed by atoms with Crippen molar-refractivity contribution in [3.63, 3.8) is 0 Å². The average Bonchev–Trinajstić information content (AvgIpc) is 2.41. The molecule has 2 rings (SSSR count). The highest BCUT2D eigenvalue weighted by atomic mass is 79.9. The van der Waals surface area contributed by atoms with Gasteiger partial charge in [0.15, 0.2) is 0 Å². The van der Waals surface area contributed by atoms with Gasteiger partial charge in [0, 0.05) is 15.7 Å². The third-order valence-corrected chi connectivity index (χ3v) is 3.02. The lowest BCUT2D eigenvalue weighted by molar-refractivity contribution is 0.102. The van der Waals surface area contributed by atoms with Crippen LogP contribution in [0.25, 0.3) is 0 Å². The van der Waals surface area contributed by atoms with E-state index >= 15 is 0 Å². The Morgan fingerprint density at radius 1 is 1.21 bits per heavy atom. The van der Waals surface area contributed by atoms with Crippen LogP contribution >= 0.6 is 15.9 Å². The number of halogens is 1. The second-order valence-electron chi connectivity index (χ2n) is 3.88. The summed E-state index contributed by atoms with van der Waals surface area (Å²) in [6, 6.07) is 13.7. The van der Waals surface area contributed by atoms with Crippen LogP contribution in [0, 0.1) is 11.3 Å². The SMILES string of the molecule is N#Cc1cc(Br)ccc1NC(=O)c1ccc(N)cc1. The van der Waals surface area contributed by atoms with Gasteiger partial charge in [0.1, 0.15) is 6.07 Å². The van der Waals surface area contributed by atoms with Gasteiger partial charge >= 0.3 is 0 Å². The Balaban J connectivity index is 2.24. The zero-order valence-electron chi connectivity index (χ0n) is 9.85.